The Morgan fingerprint density at radius 2 is 1.95 bits per heavy atom. The zero-order valence-electron chi connectivity index (χ0n) is 12.7. The van der Waals surface area contributed by atoms with Crippen molar-refractivity contribution in [1.29, 1.82) is 0 Å². The van der Waals surface area contributed by atoms with Crippen LogP contribution in [-0.4, -0.2) is 11.9 Å². The standard InChI is InChI=1S/C18H26N2O/c19-16-12-14-8-4-5-9-15(14)18(16)20-17(21)11-10-13-6-2-1-3-7-13/h4-5,8-9,13,16,18H,1-3,6-7,10-12,19H2,(H,20,21). The van der Waals surface area contributed by atoms with Crippen LogP contribution in [0.3, 0.4) is 0 Å². The molecule has 0 heterocycles. The van der Waals surface area contributed by atoms with Crippen molar-refractivity contribution < 1.29 is 4.79 Å². The number of nitrogens with one attached hydrogen (secondary N) is 1. The first-order chi connectivity index (χ1) is 10.2. The van der Waals surface area contributed by atoms with Gasteiger partial charge in [0.15, 0.2) is 0 Å². The Balaban J connectivity index is 1.52. The third kappa shape index (κ3) is 3.46. The maximum absolute atomic E-state index is 12.2. The number of hydrogen-bond acceptors (Lipinski definition) is 2. The molecule has 2 aliphatic rings. The van der Waals surface area contributed by atoms with Crippen molar-refractivity contribution in [3.63, 3.8) is 0 Å². The monoisotopic (exact) mass is 286 g/mol. The second-order valence-electron chi connectivity index (χ2n) is 6.65. The Morgan fingerprint density at radius 1 is 1.19 bits per heavy atom. The summed E-state index contributed by atoms with van der Waals surface area (Å²) in [5.74, 6) is 0.923. The fraction of sp³-hybridized carbons (Fsp3) is 0.611. The average Bonchev–Trinajstić information content (AvgIpc) is 2.82. The molecular weight excluding hydrogens is 260 g/mol. The Bertz CT molecular complexity index is 494. The number of amides is 1. The highest BCUT2D eigenvalue weighted by Crippen LogP contribution is 2.31. The predicted molar refractivity (Wildman–Crippen MR) is 84.8 cm³/mol. The Labute approximate surface area is 127 Å². The molecule has 0 aliphatic heterocycles. The molecule has 0 spiro atoms. The second kappa shape index (κ2) is 6.61. The maximum atomic E-state index is 12.2. The van der Waals surface area contributed by atoms with Crippen LogP contribution in [0.15, 0.2) is 24.3 Å². The van der Waals surface area contributed by atoms with Gasteiger partial charge in [-0.25, -0.2) is 0 Å². The second-order valence-corrected chi connectivity index (χ2v) is 6.65. The first-order valence-electron chi connectivity index (χ1n) is 8.37. The van der Waals surface area contributed by atoms with Crippen LogP contribution in [-0.2, 0) is 11.2 Å². The molecule has 1 aromatic carbocycles. The van der Waals surface area contributed by atoms with E-state index in [-0.39, 0.29) is 18.0 Å². The Morgan fingerprint density at radius 3 is 2.76 bits per heavy atom. The van der Waals surface area contributed by atoms with E-state index in [1.807, 2.05) is 12.1 Å². The van der Waals surface area contributed by atoms with E-state index in [9.17, 15) is 4.79 Å². The van der Waals surface area contributed by atoms with Crippen molar-refractivity contribution in [2.75, 3.05) is 0 Å². The van der Waals surface area contributed by atoms with Crippen LogP contribution in [0.1, 0.15) is 62.1 Å². The molecule has 3 rings (SSSR count). The van der Waals surface area contributed by atoms with Crippen LogP contribution in [0.2, 0.25) is 0 Å². The van der Waals surface area contributed by atoms with Crippen LogP contribution in [0, 0.1) is 5.92 Å². The molecule has 1 amide bonds. The van der Waals surface area contributed by atoms with Gasteiger partial charge in [0.25, 0.3) is 0 Å². The summed E-state index contributed by atoms with van der Waals surface area (Å²) < 4.78 is 0. The smallest absolute Gasteiger partial charge is 0.220 e. The van der Waals surface area contributed by atoms with Crippen LogP contribution >= 0.6 is 0 Å². The number of benzene rings is 1. The number of rotatable bonds is 4. The molecule has 0 aromatic heterocycles. The minimum absolute atomic E-state index is 0.0000517. The van der Waals surface area contributed by atoms with Gasteiger partial charge in [0.05, 0.1) is 6.04 Å². The molecule has 2 atom stereocenters. The van der Waals surface area contributed by atoms with E-state index < -0.39 is 0 Å². The van der Waals surface area contributed by atoms with Gasteiger partial charge in [0.2, 0.25) is 5.91 Å². The lowest BCUT2D eigenvalue weighted by Crippen LogP contribution is -2.38. The summed E-state index contributed by atoms with van der Waals surface area (Å²) in [7, 11) is 0. The van der Waals surface area contributed by atoms with E-state index in [1.165, 1.54) is 43.2 Å². The van der Waals surface area contributed by atoms with Gasteiger partial charge in [-0.1, -0.05) is 56.4 Å². The zero-order valence-corrected chi connectivity index (χ0v) is 12.7. The molecule has 1 fully saturated rings. The molecule has 3 nitrogen and oxygen atoms in total. The number of fused-ring (bicyclic) bond motifs is 1. The maximum Gasteiger partial charge on any atom is 0.220 e. The SMILES string of the molecule is NC1Cc2ccccc2C1NC(=O)CCC1CCCCC1. The highest BCUT2D eigenvalue weighted by molar-refractivity contribution is 5.76. The summed E-state index contributed by atoms with van der Waals surface area (Å²) in [4.78, 5) is 12.2. The van der Waals surface area contributed by atoms with Crippen molar-refractivity contribution in [2.24, 2.45) is 11.7 Å². The summed E-state index contributed by atoms with van der Waals surface area (Å²) in [5, 5.41) is 3.16. The normalized spacial score (nSPS) is 25.6. The van der Waals surface area contributed by atoms with Gasteiger partial charge in [-0.15, -0.1) is 0 Å². The largest absolute Gasteiger partial charge is 0.348 e. The van der Waals surface area contributed by atoms with Gasteiger partial charge in [0.1, 0.15) is 0 Å². The summed E-state index contributed by atoms with van der Waals surface area (Å²) in [6, 6.07) is 8.29. The Kier molecular flexibility index (Phi) is 4.59. The van der Waals surface area contributed by atoms with Crippen molar-refractivity contribution in [2.45, 2.75) is 63.5 Å². The van der Waals surface area contributed by atoms with E-state index >= 15 is 0 Å². The number of carbonyl (C=O) groups excluding carboxylic acids is 1. The third-order valence-corrected chi connectivity index (χ3v) is 5.09. The topological polar surface area (TPSA) is 55.1 Å². The lowest BCUT2D eigenvalue weighted by molar-refractivity contribution is -0.122. The van der Waals surface area contributed by atoms with E-state index in [1.54, 1.807) is 0 Å². The zero-order chi connectivity index (χ0) is 14.7. The summed E-state index contributed by atoms with van der Waals surface area (Å²) in [5.41, 5.74) is 8.69. The predicted octanol–water partition coefficient (Wildman–Crippen LogP) is 3.09. The average molecular weight is 286 g/mol. The van der Waals surface area contributed by atoms with Crippen LogP contribution < -0.4 is 11.1 Å². The van der Waals surface area contributed by atoms with Crippen molar-refractivity contribution in [3.8, 4) is 0 Å². The Hall–Kier alpha value is -1.35. The minimum Gasteiger partial charge on any atom is -0.348 e. The quantitative estimate of drug-likeness (QED) is 0.893. The number of carbonyl (C=O) groups is 1. The van der Waals surface area contributed by atoms with E-state index in [2.05, 4.69) is 17.4 Å². The molecule has 1 saturated carbocycles. The molecular formula is C18H26N2O. The molecule has 3 heteroatoms. The van der Waals surface area contributed by atoms with Crippen LogP contribution in [0.4, 0.5) is 0 Å². The van der Waals surface area contributed by atoms with E-state index in [0.717, 1.165) is 18.8 Å². The molecule has 3 N–H and O–H groups in total. The number of hydrogen-bond donors (Lipinski definition) is 2. The third-order valence-electron chi connectivity index (χ3n) is 5.09. The highest BCUT2D eigenvalue weighted by Gasteiger charge is 2.30. The number of nitrogens with two attached hydrogens (primary N) is 1. The van der Waals surface area contributed by atoms with Gasteiger partial charge in [-0.2, -0.15) is 0 Å². The molecule has 1 aromatic rings. The summed E-state index contributed by atoms with van der Waals surface area (Å²) in [6.45, 7) is 0. The molecule has 0 saturated heterocycles. The minimum atomic E-state index is 0.0000517. The first kappa shape index (κ1) is 14.6. The summed E-state index contributed by atoms with van der Waals surface area (Å²) >= 11 is 0. The van der Waals surface area contributed by atoms with Gasteiger partial charge in [-0.3, -0.25) is 4.79 Å². The van der Waals surface area contributed by atoms with Gasteiger partial charge in [-0.05, 0) is 29.9 Å². The van der Waals surface area contributed by atoms with Gasteiger partial charge >= 0.3 is 0 Å². The molecule has 0 bridgehead atoms. The lowest BCUT2D eigenvalue weighted by Gasteiger charge is -2.22. The molecule has 2 aliphatic carbocycles. The molecule has 2 unspecified atom stereocenters. The molecule has 0 radical (unpaired) electrons. The van der Waals surface area contributed by atoms with Crippen molar-refractivity contribution >= 4 is 5.91 Å². The fourth-order valence-electron chi connectivity index (χ4n) is 3.87. The van der Waals surface area contributed by atoms with E-state index in [4.69, 9.17) is 5.73 Å². The van der Waals surface area contributed by atoms with Crippen LogP contribution in [0.5, 0.6) is 0 Å². The molecule has 114 valence electrons. The first-order valence-corrected chi connectivity index (χ1v) is 8.37. The van der Waals surface area contributed by atoms with Crippen molar-refractivity contribution in [3.05, 3.63) is 35.4 Å². The van der Waals surface area contributed by atoms with E-state index in [0.29, 0.717) is 6.42 Å². The van der Waals surface area contributed by atoms with Gasteiger partial charge < -0.3 is 11.1 Å². The van der Waals surface area contributed by atoms with Crippen molar-refractivity contribution in [1.82, 2.24) is 5.32 Å². The summed E-state index contributed by atoms with van der Waals surface area (Å²) in [6.07, 6.45) is 9.21. The van der Waals surface area contributed by atoms with Gasteiger partial charge in [0, 0.05) is 12.5 Å². The molecule has 21 heavy (non-hydrogen) atoms. The fourth-order valence-corrected chi connectivity index (χ4v) is 3.87. The highest BCUT2D eigenvalue weighted by atomic mass is 16.1. The van der Waals surface area contributed by atoms with Crippen LogP contribution in [0.25, 0.3) is 0 Å². The lowest BCUT2D eigenvalue weighted by atomic mass is 9.86.